The van der Waals surface area contributed by atoms with Crippen molar-refractivity contribution in [2.75, 3.05) is 25.6 Å². The van der Waals surface area contributed by atoms with E-state index in [9.17, 15) is 0 Å². The molecule has 3 heteroatoms. The van der Waals surface area contributed by atoms with E-state index in [1.165, 1.54) is 17.7 Å². The molecule has 0 aromatic heterocycles. The van der Waals surface area contributed by atoms with Crippen LogP contribution in [-0.4, -0.2) is 26.7 Å². The molecule has 0 aliphatic carbocycles. The average Bonchev–Trinajstić information content (AvgIpc) is 2.32. The zero-order valence-electron chi connectivity index (χ0n) is 10.1. The molecule has 0 amide bonds. The Morgan fingerprint density at radius 1 is 1.50 bits per heavy atom. The van der Waals surface area contributed by atoms with Crippen molar-refractivity contribution in [1.82, 2.24) is 0 Å². The Kier molecular flexibility index (Phi) is 3.34. The SMILES string of the molecule is COc1ccc2c(c1)CCC(CCN)N2C. The van der Waals surface area contributed by atoms with Crippen LogP contribution < -0.4 is 15.4 Å². The number of hydrogen-bond donors (Lipinski definition) is 1. The molecule has 0 saturated heterocycles. The smallest absolute Gasteiger partial charge is 0.119 e. The minimum Gasteiger partial charge on any atom is -0.497 e. The van der Waals surface area contributed by atoms with Gasteiger partial charge in [0.1, 0.15) is 5.75 Å². The van der Waals surface area contributed by atoms with Crippen molar-refractivity contribution in [3.8, 4) is 5.75 Å². The molecule has 1 aromatic rings. The first-order chi connectivity index (χ1) is 7.76. The first-order valence-corrected chi connectivity index (χ1v) is 5.86. The number of hydrogen-bond acceptors (Lipinski definition) is 3. The number of fused-ring (bicyclic) bond motifs is 1. The highest BCUT2D eigenvalue weighted by molar-refractivity contribution is 5.58. The van der Waals surface area contributed by atoms with Crippen LogP contribution in [0, 0.1) is 0 Å². The second kappa shape index (κ2) is 4.74. The van der Waals surface area contributed by atoms with E-state index in [0.717, 1.165) is 25.1 Å². The van der Waals surface area contributed by atoms with E-state index in [4.69, 9.17) is 10.5 Å². The standard InChI is InChI=1S/C13H20N2O/c1-15-11(7-8-14)4-3-10-9-12(16-2)5-6-13(10)15/h5-6,9,11H,3-4,7-8,14H2,1-2H3. The molecule has 0 saturated carbocycles. The highest BCUT2D eigenvalue weighted by Crippen LogP contribution is 2.32. The first-order valence-electron chi connectivity index (χ1n) is 5.86. The molecule has 16 heavy (non-hydrogen) atoms. The number of nitrogens with two attached hydrogens (primary N) is 1. The van der Waals surface area contributed by atoms with Crippen LogP contribution in [0.25, 0.3) is 0 Å². The highest BCUT2D eigenvalue weighted by Gasteiger charge is 2.22. The molecule has 3 nitrogen and oxygen atoms in total. The van der Waals surface area contributed by atoms with E-state index in [2.05, 4.69) is 24.1 Å². The van der Waals surface area contributed by atoms with E-state index < -0.39 is 0 Å². The first kappa shape index (κ1) is 11.3. The predicted molar refractivity (Wildman–Crippen MR) is 67.2 cm³/mol. The quantitative estimate of drug-likeness (QED) is 0.844. The van der Waals surface area contributed by atoms with E-state index in [-0.39, 0.29) is 0 Å². The maximum Gasteiger partial charge on any atom is 0.119 e. The average molecular weight is 220 g/mol. The maximum absolute atomic E-state index is 5.64. The van der Waals surface area contributed by atoms with Crippen LogP contribution in [0.5, 0.6) is 5.75 Å². The van der Waals surface area contributed by atoms with Gasteiger partial charge in [-0.3, -0.25) is 0 Å². The van der Waals surface area contributed by atoms with Gasteiger partial charge in [0, 0.05) is 18.8 Å². The summed E-state index contributed by atoms with van der Waals surface area (Å²) in [6, 6.07) is 6.91. The van der Waals surface area contributed by atoms with Gasteiger partial charge in [-0.15, -0.1) is 0 Å². The molecule has 0 bridgehead atoms. The minimum absolute atomic E-state index is 0.589. The van der Waals surface area contributed by atoms with Crippen molar-refractivity contribution < 1.29 is 4.74 Å². The van der Waals surface area contributed by atoms with Gasteiger partial charge >= 0.3 is 0 Å². The molecule has 1 aliphatic heterocycles. The fraction of sp³-hybridized carbons (Fsp3) is 0.538. The van der Waals surface area contributed by atoms with Gasteiger partial charge in [0.05, 0.1) is 7.11 Å². The van der Waals surface area contributed by atoms with Crippen molar-refractivity contribution in [2.45, 2.75) is 25.3 Å². The molecule has 1 aliphatic rings. The lowest BCUT2D eigenvalue weighted by molar-refractivity contribution is 0.413. The highest BCUT2D eigenvalue weighted by atomic mass is 16.5. The van der Waals surface area contributed by atoms with Crippen LogP contribution >= 0.6 is 0 Å². The third-order valence-electron chi connectivity index (χ3n) is 3.46. The molecule has 2 N–H and O–H groups in total. The summed E-state index contributed by atoms with van der Waals surface area (Å²) in [6.07, 6.45) is 3.39. The van der Waals surface area contributed by atoms with Crippen LogP contribution in [0.15, 0.2) is 18.2 Å². The van der Waals surface area contributed by atoms with Crippen molar-refractivity contribution >= 4 is 5.69 Å². The summed E-state index contributed by atoms with van der Waals surface area (Å²) in [5.74, 6) is 0.949. The summed E-state index contributed by atoms with van der Waals surface area (Å²) in [7, 11) is 3.87. The van der Waals surface area contributed by atoms with E-state index in [1.807, 2.05) is 6.07 Å². The Morgan fingerprint density at radius 2 is 2.31 bits per heavy atom. The number of methoxy groups -OCH3 is 1. The molecule has 2 rings (SSSR count). The second-order valence-electron chi connectivity index (χ2n) is 4.38. The van der Waals surface area contributed by atoms with Gasteiger partial charge in [0.2, 0.25) is 0 Å². The molecular formula is C13H20N2O. The Balaban J connectivity index is 2.24. The minimum atomic E-state index is 0.589. The van der Waals surface area contributed by atoms with E-state index in [0.29, 0.717) is 6.04 Å². The number of anilines is 1. The molecule has 0 radical (unpaired) electrons. The largest absolute Gasteiger partial charge is 0.497 e. The summed E-state index contributed by atoms with van der Waals surface area (Å²) in [6.45, 7) is 0.764. The zero-order valence-corrected chi connectivity index (χ0v) is 10.1. The molecule has 0 spiro atoms. The fourth-order valence-electron chi connectivity index (χ4n) is 2.48. The molecule has 1 unspecified atom stereocenters. The molecule has 1 heterocycles. The summed E-state index contributed by atoms with van der Waals surface area (Å²) in [4.78, 5) is 2.35. The van der Waals surface area contributed by atoms with E-state index >= 15 is 0 Å². The number of benzene rings is 1. The van der Waals surface area contributed by atoms with Crippen molar-refractivity contribution in [3.63, 3.8) is 0 Å². The van der Waals surface area contributed by atoms with Gasteiger partial charge in [-0.05, 0) is 49.6 Å². The number of nitrogens with zero attached hydrogens (tertiary/aromatic N) is 1. The van der Waals surface area contributed by atoms with Gasteiger partial charge in [0.25, 0.3) is 0 Å². The van der Waals surface area contributed by atoms with Crippen LogP contribution in [-0.2, 0) is 6.42 Å². The molecule has 0 fully saturated rings. The summed E-state index contributed by atoms with van der Waals surface area (Å²) in [5, 5.41) is 0. The van der Waals surface area contributed by atoms with Gasteiger partial charge in [-0.1, -0.05) is 0 Å². The number of rotatable bonds is 3. The second-order valence-corrected chi connectivity index (χ2v) is 4.38. The zero-order chi connectivity index (χ0) is 11.5. The lowest BCUT2D eigenvalue weighted by atomic mass is 9.94. The van der Waals surface area contributed by atoms with Crippen molar-refractivity contribution in [1.29, 1.82) is 0 Å². The van der Waals surface area contributed by atoms with Crippen molar-refractivity contribution in [3.05, 3.63) is 23.8 Å². The lowest BCUT2D eigenvalue weighted by Crippen LogP contribution is -2.37. The van der Waals surface area contributed by atoms with Gasteiger partial charge in [0.15, 0.2) is 0 Å². The maximum atomic E-state index is 5.64. The summed E-state index contributed by atoms with van der Waals surface area (Å²) >= 11 is 0. The number of aryl methyl sites for hydroxylation is 1. The summed E-state index contributed by atoms with van der Waals surface area (Å²) in [5.41, 5.74) is 8.35. The predicted octanol–water partition coefficient (Wildman–Crippen LogP) is 1.79. The molecule has 88 valence electrons. The van der Waals surface area contributed by atoms with Crippen molar-refractivity contribution in [2.24, 2.45) is 5.73 Å². The van der Waals surface area contributed by atoms with Crippen LogP contribution in [0.3, 0.4) is 0 Å². The number of ether oxygens (including phenoxy) is 1. The molecular weight excluding hydrogens is 200 g/mol. The van der Waals surface area contributed by atoms with Crippen LogP contribution in [0.1, 0.15) is 18.4 Å². The van der Waals surface area contributed by atoms with E-state index in [1.54, 1.807) is 7.11 Å². The third-order valence-corrected chi connectivity index (χ3v) is 3.46. The monoisotopic (exact) mass is 220 g/mol. The van der Waals surface area contributed by atoms with Crippen LogP contribution in [0.2, 0.25) is 0 Å². The van der Waals surface area contributed by atoms with Gasteiger partial charge in [-0.2, -0.15) is 0 Å². The Bertz CT molecular complexity index is 365. The van der Waals surface area contributed by atoms with Gasteiger partial charge < -0.3 is 15.4 Å². The lowest BCUT2D eigenvalue weighted by Gasteiger charge is -2.36. The Labute approximate surface area is 97.2 Å². The Hall–Kier alpha value is -1.22. The normalized spacial score (nSPS) is 19.4. The molecule has 1 aromatic carbocycles. The Morgan fingerprint density at radius 3 is 3.00 bits per heavy atom. The topological polar surface area (TPSA) is 38.5 Å². The summed E-state index contributed by atoms with van der Waals surface area (Å²) < 4.78 is 5.25. The fourth-order valence-corrected chi connectivity index (χ4v) is 2.48. The van der Waals surface area contributed by atoms with Gasteiger partial charge in [-0.25, -0.2) is 0 Å². The van der Waals surface area contributed by atoms with Crippen LogP contribution in [0.4, 0.5) is 5.69 Å². The third kappa shape index (κ3) is 2.00. The molecule has 1 atom stereocenters.